The molecule has 6 rings (SSSR count). The van der Waals surface area contributed by atoms with Gasteiger partial charge in [0, 0.05) is 42.1 Å². The first-order valence-corrected chi connectivity index (χ1v) is 16.3. The molecule has 4 aromatic carbocycles. The van der Waals surface area contributed by atoms with Gasteiger partial charge in [-0.1, -0.05) is 78.5 Å². The number of benzene rings is 4. The summed E-state index contributed by atoms with van der Waals surface area (Å²) in [5.41, 5.74) is 4.24. The number of nitrogens with one attached hydrogen (secondary N) is 2. The van der Waals surface area contributed by atoms with Gasteiger partial charge in [0.2, 0.25) is 0 Å². The van der Waals surface area contributed by atoms with Crippen molar-refractivity contribution in [2.24, 2.45) is 0 Å². The summed E-state index contributed by atoms with van der Waals surface area (Å²) in [7, 11) is 0. The molecule has 0 saturated carbocycles. The molecule has 0 spiro atoms. The fourth-order valence-corrected chi connectivity index (χ4v) is 6.04. The lowest BCUT2D eigenvalue weighted by atomic mass is 10.0. The molecule has 3 atom stereocenters. The van der Waals surface area contributed by atoms with Gasteiger partial charge in [0.05, 0.1) is 18.8 Å². The number of amides is 2. The van der Waals surface area contributed by atoms with Crippen molar-refractivity contribution in [3.63, 3.8) is 0 Å². The molecule has 10 heteroatoms. The monoisotopic (exact) mass is 649 g/mol. The van der Waals surface area contributed by atoms with Crippen LogP contribution in [0.2, 0.25) is 0 Å². The fourth-order valence-electron chi connectivity index (χ4n) is 5.11. The third kappa shape index (κ3) is 8.90. The molecular formula is C37H35N3O6S. The Kier molecular flexibility index (Phi) is 10.7. The van der Waals surface area contributed by atoms with E-state index in [2.05, 4.69) is 10.6 Å². The molecule has 0 radical (unpaired) electrons. The van der Waals surface area contributed by atoms with Crippen molar-refractivity contribution in [3.8, 4) is 11.5 Å². The molecule has 1 aromatic heterocycles. The topological polar surface area (TPSA) is 116 Å². The first kappa shape index (κ1) is 32.1. The molecule has 9 nitrogen and oxygen atoms in total. The molecule has 2 heterocycles. The first-order valence-electron chi connectivity index (χ1n) is 15.3. The number of aromatic nitrogens is 1. The number of nitrogens with zero attached hydrogens (tertiary/aromatic N) is 1. The number of anilines is 1. The highest BCUT2D eigenvalue weighted by Crippen LogP contribution is 2.39. The molecule has 1 fully saturated rings. The van der Waals surface area contributed by atoms with E-state index < -0.39 is 6.29 Å². The number of thioether (sulfide) groups is 1. The zero-order valence-corrected chi connectivity index (χ0v) is 26.3. The Morgan fingerprint density at radius 1 is 0.830 bits per heavy atom. The lowest BCUT2D eigenvalue weighted by Crippen LogP contribution is -2.32. The minimum absolute atomic E-state index is 0.0242. The van der Waals surface area contributed by atoms with Crippen molar-refractivity contribution in [3.05, 3.63) is 155 Å². The zero-order valence-electron chi connectivity index (χ0n) is 25.5. The quantitative estimate of drug-likeness (QED) is 0.0784. The molecule has 1 aliphatic rings. The highest BCUT2D eigenvalue weighted by Gasteiger charge is 2.32. The van der Waals surface area contributed by atoms with Crippen LogP contribution in [0.25, 0.3) is 0 Å². The van der Waals surface area contributed by atoms with Crippen LogP contribution < -0.4 is 20.1 Å². The molecule has 240 valence electrons. The van der Waals surface area contributed by atoms with Crippen LogP contribution in [0.3, 0.4) is 0 Å². The molecule has 5 aromatic rings. The number of pyridine rings is 1. The Hall–Kier alpha value is -4.87. The smallest absolute Gasteiger partial charge is 0.319 e. The Bertz CT molecular complexity index is 1740. The molecule has 3 N–H and O–H groups in total. The van der Waals surface area contributed by atoms with E-state index in [1.807, 2.05) is 84.9 Å². The van der Waals surface area contributed by atoms with Crippen molar-refractivity contribution in [2.75, 3.05) is 11.1 Å². The summed E-state index contributed by atoms with van der Waals surface area (Å²) in [6, 6.07) is 37.2. The molecule has 47 heavy (non-hydrogen) atoms. The number of carbonyl (C=O) groups excluding carboxylic acids is 1. The van der Waals surface area contributed by atoms with Gasteiger partial charge in [0.1, 0.15) is 11.5 Å². The Labute approximate surface area is 277 Å². The largest absolute Gasteiger partial charge is 0.618 e. The lowest BCUT2D eigenvalue weighted by molar-refractivity contribution is -0.645. The summed E-state index contributed by atoms with van der Waals surface area (Å²) in [4.78, 5) is 12.6. The lowest BCUT2D eigenvalue weighted by Gasteiger charge is -2.36. The maximum Gasteiger partial charge on any atom is 0.319 e. The van der Waals surface area contributed by atoms with Gasteiger partial charge in [-0.05, 0) is 59.2 Å². The first-order chi connectivity index (χ1) is 23.0. The molecule has 0 aliphatic carbocycles. The SMILES string of the molecule is O=C(NCc1ccc([C@@H]2O[C@H](CSc3cccc[n+]3[O-])C[C@H](c3ccc(CO)cc3)O2)cc1)Nc1ccc(Oc2ccccc2)cc1. The Morgan fingerprint density at radius 3 is 2.23 bits per heavy atom. The van der Waals surface area contributed by atoms with Crippen LogP contribution >= 0.6 is 11.8 Å². The van der Waals surface area contributed by atoms with Gasteiger partial charge in [-0.15, -0.1) is 0 Å². The van der Waals surface area contributed by atoms with Gasteiger partial charge in [0.25, 0.3) is 5.03 Å². The number of aliphatic hydroxyl groups is 1. The minimum atomic E-state index is -0.619. The number of hydrogen-bond acceptors (Lipinski definition) is 7. The molecular weight excluding hydrogens is 614 g/mol. The van der Waals surface area contributed by atoms with Crippen LogP contribution in [0.4, 0.5) is 10.5 Å². The third-order valence-electron chi connectivity index (χ3n) is 7.62. The van der Waals surface area contributed by atoms with E-state index in [-0.39, 0.29) is 24.8 Å². The van der Waals surface area contributed by atoms with Gasteiger partial charge in [-0.2, -0.15) is 4.73 Å². The third-order valence-corrected chi connectivity index (χ3v) is 8.77. The summed E-state index contributed by atoms with van der Waals surface area (Å²) in [6.07, 6.45) is 1.08. The highest BCUT2D eigenvalue weighted by atomic mass is 32.2. The van der Waals surface area contributed by atoms with E-state index in [1.165, 1.54) is 18.0 Å². The standard InChI is InChI=1S/C37H35N3O6S/c41-24-27-11-13-28(14-12-27)34-22-33(25-47-35-8-4-5-21-40(35)43)45-36(46-34)29-15-9-26(10-16-29)23-38-37(42)39-30-17-19-32(20-18-30)44-31-6-2-1-3-7-31/h1-21,33-34,36,41H,22-25H2,(H2,38,39,42)/t33-,34+,36+/m0/s1. The van der Waals surface area contributed by atoms with Gasteiger partial charge in [0.15, 0.2) is 12.5 Å². The van der Waals surface area contributed by atoms with Crippen LogP contribution in [0.1, 0.15) is 41.1 Å². The van der Waals surface area contributed by atoms with Crippen molar-refractivity contribution < 1.29 is 28.8 Å². The van der Waals surface area contributed by atoms with Gasteiger partial charge >= 0.3 is 6.03 Å². The number of ether oxygens (including phenoxy) is 3. The highest BCUT2D eigenvalue weighted by molar-refractivity contribution is 7.99. The van der Waals surface area contributed by atoms with E-state index >= 15 is 0 Å². The van der Waals surface area contributed by atoms with Crippen molar-refractivity contribution >= 4 is 23.5 Å². The zero-order chi connectivity index (χ0) is 32.4. The molecule has 1 aliphatic heterocycles. The maximum atomic E-state index is 12.6. The number of rotatable bonds is 11. The molecule has 1 saturated heterocycles. The van der Waals surface area contributed by atoms with Crippen LogP contribution in [-0.4, -0.2) is 23.0 Å². The van der Waals surface area contributed by atoms with Crippen LogP contribution in [0.5, 0.6) is 11.5 Å². The second kappa shape index (κ2) is 15.6. The Balaban J connectivity index is 1.05. The van der Waals surface area contributed by atoms with E-state index in [9.17, 15) is 15.1 Å². The van der Waals surface area contributed by atoms with Crippen LogP contribution in [0.15, 0.2) is 133 Å². The minimum Gasteiger partial charge on any atom is -0.618 e. The van der Waals surface area contributed by atoms with Crippen molar-refractivity contribution in [2.45, 2.75) is 43.1 Å². The summed E-state index contributed by atoms with van der Waals surface area (Å²) in [6.45, 7) is 0.308. The molecule has 0 unspecified atom stereocenters. The second-order valence-corrected chi connectivity index (χ2v) is 12.1. The number of para-hydroxylation sites is 1. The predicted octanol–water partition coefficient (Wildman–Crippen LogP) is 7.26. The Morgan fingerprint density at radius 2 is 1.51 bits per heavy atom. The van der Waals surface area contributed by atoms with Crippen LogP contribution in [0, 0.1) is 5.21 Å². The van der Waals surface area contributed by atoms with Crippen molar-refractivity contribution in [1.82, 2.24) is 5.32 Å². The number of carbonyl (C=O) groups is 1. The van der Waals surface area contributed by atoms with Gasteiger partial charge in [-0.25, -0.2) is 4.79 Å². The number of aliphatic hydroxyl groups excluding tert-OH is 1. The van der Waals surface area contributed by atoms with Crippen molar-refractivity contribution in [1.29, 1.82) is 0 Å². The van der Waals surface area contributed by atoms with Gasteiger partial charge in [-0.3, -0.25) is 0 Å². The van der Waals surface area contributed by atoms with Crippen LogP contribution in [-0.2, 0) is 22.6 Å². The normalized spacial score (nSPS) is 17.5. The van der Waals surface area contributed by atoms with E-state index in [0.29, 0.717) is 35.2 Å². The maximum absolute atomic E-state index is 12.6. The molecule has 0 bridgehead atoms. The van der Waals surface area contributed by atoms with Gasteiger partial charge < -0.3 is 35.2 Å². The average Bonchev–Trinajstić information content (AvgIpc) is 3.12. The number of urea groups is 1. The summed E-state index contributed by atoms with van der Waals surface area (Å²) in [5, 5.41) is 28.0. The van der Waals surface area contributed by atoms with E-state index in [4.69, 9.17) is 14.2 Å². The second-order valence-electron chi connectivity index (χ2n) is 11.0. The summed E-state index contributed by atoms with van der Waals surface area (Å²) >= 11 is 1.45. The molecule has 2 amide bonds. The predicted molar refractivity (Wildman–Crippen MR) is 180 cm³/mol. The summed E-state index contributed by atoms with van der Waals surface area (Å²) < 4.78 is 19.5. The fraction of sp³-hybridized carbons (Fsp3) is 0.189. The van der Waals surface area contributed by atoms with E-state index in [1.54, 1.807) is 36.4 Å². The summed E-state index contributed by atoms with van der Waals surface area (Å²) in [5.74, 6) is 2.00. The average molecular weight is 650 g/mol. The van der Waals surface area contributed by atoms with E-state index in [0.717, 1.165) is 32.7 Å². The number of hydrogen-bond donors (Lipinski definition) is 3.